The van der Waals surface area contributed by atoms with Crippen LogP contribution in [-0.2, 0) is 9.59 Å². The van der Waals surface area contributed by atoms with Crippen LogP contribution >= 0.6 is 11.6 Å². The number of halogens is 1. The highest BCUT2D eigenvalue weighted by Gasteiger charge is 2.42. The third-order valence-corrected chi connectivity index (χ3v) is 6.81. The van der Waals surface area contributed by atoms with Crippen LogP contribution in [0.25, 0.3) is 0 Å². The lowest BCUT2D eigenvalue weighted by Crippen LogP contribution is -2.42. The van der Waals surface area contributed by atoms with E-state index in [0.717, 1.165) is 48.8 Å². The molecule has 2 amide bonds. The van der Waals surface area contributed by atoms with Gasteiger partial charge in [0.1, 0.15) is 16.5 Å². The zero-order chi connectivity index (χ0) is 23.7. The highest BCUT2D eigenvalue weighted by molar-refractivity contribution is 6.48. The first-order valence-corrected chi connectivity index (χ1v) is 11.6. The number of nitrogens with zero attached hydrogens (tertiary/aromatic N) is 1. The summed E-state index contributed by atoms with van der Waals surface area (Å²) in [7, 11) is 0. The smallest absolute Gasteiger partial charge is 0.343 e. The largest absolute Gasteiger partial charge is 0.422 e. The molecular formula is C26H27ClN2O4. The Morgan fingerprint density at radius 3 is 2.24 bits per heavy atom. The van der Waals surface area contributed by atoms with Crippen molar-refractivity contribution in [2.75, 3.05) is 5.32 Å². The third kappa shape index (κ3) is 4.53. The Kier molecular flexibility index (Phi) is 6.56. The fourth-order valence-corrected chi connectivity index (χ4v) is 4.59. The standard InChI is InChI=1S/C26H27ClN2O4/c1-15-9-10-16(2)23(17(15)3)33-26(32)18-11-13-19(14-12-18)28-22-21(27)24(30)29(25(22)31)20-7-5-4-6-8-20/h9-14,20,28H,4-8H2,1-3H3. The van der Waals surface area contributed by atoms with Crippen molar-refractivity contribution in [3.8, 4) is 5.75 Å². The second-order valence-electron chi connectivity index (χ2n) is 8.71. The van der Waals surface area contributed by atoms with Crippen molar-refractivity contribution in [3.63, 3.8) is 0 Å². The van der Waals surface area contributed by atoms with E-state index in [2.05, 4.69) is 5.32 Å². The van der Waals surface area contributed by atoms with Crippen LogP contribution in [0, 0.1) is 20.8 Å². The summed E-state index contributed by atoms with van der Waals surface area (Å²) in [6.07, 6.45) is 4.75. The van der Waals surface area contributed by atoms with E-state index in [-0.39, 0.29) is 16.8 Å². The van der Waals surface area contributed by atoms with Crippen LogP contribution < -0.4 is 10.1 Å². The zero-order valence-electron chi connectivity index (χ0n) is 19.0. The van der Waals surface area contributed by atoms with E-state index in [1.165, 1.54) is 4.90 Å². The van der Waals surface area contributed by atoms with Gasteiger partial charge in [0.15, 0.2) is 0 Å². The maximum absolute atomic E-state index is 12.9. The van der Waals surface area contributed by atoms with Gasteiger partial charge in [0.2, 0.25) is 0 Å². The van der Waals surface area contributed by atoms with Gasteiger partial charge in [-0.1, -0.05) is 43.0 Å². The molecule has 1 saturated carbocycles. The average molecular weight is 467 g/mol. The predicted octanol–water partition coefficient (Wildman–Crippen LogP) is 5.39. The minimum Gasteiger partial charge on any atom is -0.422 e. The second-order valence-corrected chi connectivity index (χ2v) is 9.08. The number of esters is 1. The van der Waals surface area contributed by atoms with Crippen molar-refractivity contribution in [3.05, 3.63) is 69.4 Å². The Labute approximate surface area is 198 Å². The van der Waals surface area contributed by atoms with Crippen LogP contribution in [0.5, 0.6) is 5.75 Å². The minimum atomic E-state index is -0.466. The SMILES string of the molecule is Cc1ccc(C)c(OC(=O)c2ccc(NC3=C(Cl)C(=O)N(C4CCCCC4)C3=O)cc2)c1C. The van der Waals surface area contributed by atoms with Gasteiger partial charge >= 0.3 is 5.97 Å². The number of rotatable bonds is 5. The Bertz CT molecular complexity index is 1150. The van der Waals surface area contributed by atoms with Crippen LogP contribution in [0.2, 0.25) is 0 Å². The minimum absolute atomic E-state index is 0.0774. The highest BCUT2D eigenvalue weighted by Crippen LogP contribution is 2.32. The van der Waals surface area contributed by atoms with E-state index >= 15 is 0 Å². The molecule has 0 unspecified atom stereocenters. The lowest BCUT2D eigenvalue weighted by molar-refractivity contribution is -0.140. The second kappa shape index (κ2) is 9.40. The van der Waals surface area contributed by atoms with Gasteiger partial charge < -0.3 is 10.1 Å². The maximum atomic E-state index is 12.9. The Morgan fingerprint density at radius 1 is 0.939 bits per heavy atom. The number of aryl methyl sites for hydroxylation is 2. The molecule has 1 aliphatic heterocycles. The molecule has 33 heavy (non-hydrogen) atoms. The van der Waals surface area contributed by atoms with Gasteiger partial charge in [-0.2, -0.15) is 0 Å². The zero-order valence-corrected chi connectivity index (χ0v) is 19.8. The normalized spacial score (nSPS) is 17.0. The molecule has 0 radical (unpaired) electrons. The van der Waals surface area contributed by atoms with Gasteiger partial charge in [0.05, 0.1) is 5.56 Å². The number of benzene rings is 2. The van der Waals surface area contributed by atoms with Gasteiger partial charge in [-0.15, -0.1) is 0 Å². The van der Waals surface area contributed by atoms with Crippen LogP contribution in [0.15, 0.2) is 47.1 Å². The van der Waals surface area contributed by atoms with Gasteiger partial charge in [-0.05, 0) is 74.6 Å². The molecule has 6 nitrogen and oxygen atoms in total. The van der Waals surface area contributed by atoms with Crippen molar-refractivity contribution in [1.82, 2.24) is 4.90 Å². The molecule has 2 aromatic rings. The average Bonchev–Trinajstić information content (AvgIpc) is 3.03. The molecule has 7 heteroatoms. The molecule has 0 spiro atoms. The van der Waals surface area contributed by atoms with E-state index in [1.54, 1.807) is 24.3 Å². The van der Waals surface area contributed by atoms with Gasteiger partial charge in [-0.3, -0.25) is 14.5 Å². The van der Waals surface area contributed by atoms with Crippen LogP contribution in [0.3, 0.4) is 0 Å². The molecule has 1 heterocycles. The number of amides is 2. The topological polar surface area (TPSA) is 75.7 Å². The van der Waals surface area contributed by atoms with E-state index in [9.17, 15) is 14.4 Å². The molecule has 2 aliphatic rings. The number of hydrogen-bond acceptors (Lipinski definition) is 5. The summed E-state index contributed by atoms with van der Waals surface area (Å²) < 4.78 is 5.65. The fourth-order valence-electron chi connectivity index (χ4n) is 4.37. The number of carbonyl (C=O) groups is 3. The first-order valence-electron chi connectivity index (χ1n) is 11.2. The number of carbonyl (C=O) groups excluding carboxylic acids is 3. The Morgan fingerprint density at radius 2 is 1.58 bits per heavy atom. The quantitative estimate of drug-likeness (QED) is 0.363. The van der Waals surface area contributed by atoms with Crippen molar-refractivity contribution in [1.29, 1.82) is 0 Å². The molecule has 0 bridgehead atoms. The molecule has 1 N–H and O–H groups in total. The molecule has 2 aromatic carbocycles. The summed E-state index contributed by atoms with van der Waals surface area (Å²) in [6, 6.07) is 10.4. The number of ether oxygens (including phenoxy) is 1. The molecule has 0 atom stereocenters. The van der Waals surface area contributed by atoms with Crippen LogP contribution in [0.1, 0.15) is 59.2 Å². The van der Waals surface area contributed by atoms with Crippen LogP contribution in [0.4, 0.5) is 5.69 Å². The summed E-state index contributed by atoms with van der Waals surface area (Å²) in [5.74, 6) is -0.742. The lowest BCUT2D eigenvalue weighted by Gasteiger charge is -2.29. The van der Waals surface area contributed by atoms with Crippen molar-refractivity contribution in [2.45, 2.75) is 58.9 Å². The molecule has 0 aromatic heterocycles. The number of nitrogens with one attached hydrogen (secondary N) is 1. The number of imide groups is 1. The summed E-state index contributed by atoms with van der Waals surface area (Å²) in [5, 5.41) is 2.87. The Balaban J connectivity index is 1.46. The molecule has 4 rings (SSSR count). The molecular weight excluding hydrogens is 440 g/mol. The van der Waals surface area contributed by atoms with E-state index in [4.69, 9.17) is 16.3 Å². The van der Waals surface area contributed by atoms with Crippen molar-refractivity contribution >= 4 is 35.1 Å². The van der Waals surface area contributed by atoms with E-state index in [1.807, 2.05) is 32.9 Å². The highest BCUT2D eigenvalue weighted by atomic mass is 35.5. The Hall–Kier alpha value is -3.12. The number of anilines is 1. The van der Waals surface area contributed by atoms with Crippen molar-refractivity contribution in [2.24, 2.45) is 0 Å². The predicted molar refractivity (Wildman–Crippen MR) is 127 cm³/mol. The molecule has 1 aliphatic carbocycles. The lowest BCUT2D eigenvalue weighted by atomic mass is 9.94. The van der Waals surface area contributed by atoms with E-state index in [0.29, 0.717) is 17.0 Å². The maximum Gasteiger partial charge on any atom is 0.343 e. The van der Waals surface area contributed by atoms with Gasteiger partial charge in [0, 0.05) is 11.7 Å². The van der Waals surface area contributed by atoms with Gasteiger partial charge in [-0.25, -0.2) is 4.79 Å². The summed E-state index contributed by atoms with van der Waals surface area (Å²) in [4.78, 5) is 39.5. The number of hydrogen-bond donors (Lipinski definition) is 1. The fraction of sp³-hybridized carbons (Fsp3) is 0.346. The van der Waals surface area contributed by atoms with E-state index < -0.39 is 17.8 Å². The molecule has 0 saturated heterocycles. The van der Waals surface area contributed by atoms with Crippen molar-refractivity contribution < 1.29 is 19.1 Å². The summed E-state index contributed by atoms with van der Waals surface area (Å²) in [5.41, 5.74) is 3.86. The molecule has 1 fully saturated rings. The first kappa shape index (κ1) is 23.1. The molecule has 172 valence electrons. The monoisotopic (exact) mass is 466 g/mol. The summed E-state index contributed by atoms with van der Waals surface area (Å²) >= 11 is 6.23. The van der Waals surface area contributed by atoms with Crippen LogP contribution in [-0.4, -0.2) is 28.7 Å². The summed E-state index contributed by atoms with van der Waals surface area (Å²) in [6.45, 7) is 5.79. The first-order chi connectivity index (χ1) is 15.8. The third-order valence-electron chi connectivity index (χ3n) is 6.46. The van der Waals surface area contributed by atoms with Gasteiger partial charge in [0.25, 0.3) is 11.8 Å².